The van der Waals surface area contributed by atoms with Gasteiger partial charge in [-0.1, -0.05) is 36.4 Å². The number of hydrogen-bond acceptors (Lipinski definition) is 7. The van der Waals surface area contributed by atoms with Crippen LogP contribution in [0.25, 0.3) is 10.8 Å². The molecule has 0 saturated carbocycles. The van der Waals surface area contributed by atoms with Crippen molar-refractivity contribution in [3.8, 4) is 5.75 Å². The minimum atomic E-state index is -1.00. The number of ether oxygens (including phenoxy) is 6. The highest BCUT2D eigenvalue weighted by atomic mass is 16.9. The van der Waals surface area contributed by atoms with Crippen LogP contribution in [-0.4, -0.2) is 48.2 Å². The average Bonchev–Trinajstić information content (AvgIpc) is 3.15. The Labute approximate surface area is 168 Å². The highest BCUT2D eigenvalue weighted by molar-refractivity contribution is 5.91. The summed E-state index contributed by atoms with van der Waals surface area (Å²) in [5.74, 6) is -1.80. The Hall–Kier alpha value is -2.03. The average molecular weight is 400 g/mol. The molecule has 5 atom stereocenters. The van der Waals surface area contributed by atoms with Crippen molar-refractivity contribution in [3.63, 3.8) is 0 Å². The standard InChI is InChI=1S/C22H24O7/c1-21(2)26-15-16(27-21)18-20(29-22(3,4)28-18)25-17(15)19(23)24-14-11-7-9-12-8-5-6-10-13(12)14/h5-11,15-18,20H,1-4H3. The molecule has 3 saturated heterocycles. The first-order valence-electron chi connectivity index (χ1n) is 9.79. The number of carbonyl (C=O) groups excluding carboxylic acids is 1. The first-order chi connectivity index (χ1) is 13.7. The van der Waals surface area contributed by atoms with Crippen LogP contribution >= 0.6 is 0 Å². The van der Waals surface area contributed by atoms with E-state index in [0.717, 1.165) is 10.8 Å². The summed E-state index contributed by atoms with van der Waals surface area (Å²) in [4.78, 5) is 13.1. The van der Waals surface area contributed by atoms with E-state index < -0.39 is 48.2 Å². The second-order valence-electron chi connectivity index (χ2n) is 8.49. The van der Waals surface area contributed by atoms with Crippen LogP contribution < -0.4 is 4.74 Å². The summed E-state index contributed by atoms with van der Waals surface area (Å²) in [6.07, 6.45) is -3.39. The second kappa shape index (κ2) is 6.48. The molecule has 0 amide bonds. The number of carbonyl (C=O) groups is 1. The van der Waals surface area contributed by atoms with Crippen LogP contribution in [0.5, 0.6) is 5.75 Å². The number of hydrogen-bond donors (Lipinski definition) is 0. The Kier molecular flexibility index (Phi) is 4.24. The fourth-order valence-electron chi connectivity index (χ4n) is 4.25. The largest absolute Gasteiger partial charge is 0.424 e. The Morgan fingerprint density at radius 2 is 1.48 bits per heavy atom. The molecule has 2 aromatic carbocycles. The molecule has 154 valence electrons. The van der Waals surface area contributed by atoms with Crippen LogP contribution in [-0.2, 0) is 28.5 Å². The zero-order chi connectivity index (χ0) is 20.4. The molecule has 0 aromatic heterocycles. The molecule has 7 heteroatoms. The van der Waals surface area contributed by atoms with E-state index in [1.807, 2.05) is 36.4 Å². The smallest absolute Gasteiger partial charge is 0.343 e. The third-order valence-corrected chi connectivity index (χ3v) is 5.35. The first kappa shape index (κ1) is 19.0. The zero-order valence-electron chi connectivity index (χ0n) is 16.8. The minimum Gasteiger partial charge on any atom is -0.424 e. The quantitative estimate of drug-likeness (QED) is 0.566. The van der Waals surface area contributed by atoms with Crippen molar-refractivity contribution in [2.24, 2.45) is 0 Å². The van der Waals surface area contributed by atoms with Crippen molar-refractivity contribution < 1.29 is 33.2 Å². The molecule has 2 aromatic rings. The summed E-state index contributed by atoms with van der Waals surface area (Å²) in [5, 5.41) is 1.83. The lowest BCUT2D eigenvalue weighted by molar-refractivity contribution is -0.236. The van der Waals surface area contributed by atoms with Gasteiger partial charge in [-0.2, -0.15) is 0 Å². The highest BCUT2D eigenvalue weighted by Gasteiger charge is 2.62. The predicted octanol–water partition coefficient (Wildman–Crippen LogP) is 3.14. The topological polar surface area (TPSA) is 72.5 Å². The van der Waals surface area contributed by atoms with Gasteiger partial charge in [-0.3, -0.25) is 0 Å². The molecule has 0 N–H and O–H groups in total. The maximum absolute atomic E-state index is 13.1. The molecule has 5 unspecified atom stereocenters. The summed E-state index contributed by atoms with van der Waals surface area (Å²) in [7, 11) is 0. The maximum Gasteiger partial charge on any atom is 0.343 e. The van der Waals surface area contributed by atoms with Crippen molar-refractivity contribution in [1.29, 1.82) is 0 Å². The Balaban J connectivity index is 1.44. The highest BCUT2D eigenvalue weighted by Crippen LogP contribution is 2.44. The van der Waals surface area contributed by atoms with Gasteiger partial charge < -0.3 is 28.4 Å². The number of fused-ring (bicyclic) bond motifs is 4. The van der Waals surface area contributed by atoms with E-state index in [1.165, 1.54) is 0 Å². The molecule has 29 heavy (non-hydrogen) atoms. The summed E-state index contributed by atoms with van der Waals surface area (Å²) < 4.78 is 35.6. The molecule has 0 aliphatic carbocycles. The summed E-state index contributed by atoms with van der Waals surface area (Å²) in [6.45, 7) is 7.20. The van der Waals surface area contributed by atoms with Gasteiger partial charge in [-0.15, -0.1) is 0 Å². The summed E-state index contributed by atoms with van der Waals surface area (Å²) in [5.41, 5.74) is 0. The van der Waals surface area contributed by atoms with E-state index in [-0.39, 0.29) is 0 Å². The third-order valence-electron chi connectivity index (χ3n) is 5.35. The molecule has 5 rings (SSSR count). The lowest BCUT2D eigenvalue weighted by atomic mass is 9.99. The van der Waals surface area contributed by atoms with E-state index in [9.17, 15) is 4.79 Å². The molecule has 3 heterocycles. The molecule has 0 spiro atoms. The van der Waals surface area contributed by atoms with Gasteiger partial charge in [-0.25, -0.2) is 4.79 Å². The molecular formula is C22H24O7. The van der Waals surface area contributed by atoms with Crippen LogP contribution in [0.4, 0.5) is 0 Å². The molecule has 0 radical (unpaired) electrons. The fourth-order valence-corrected chi connectivity index (χ4v) is 4.25. The lowest BCUT2D eigenvalue weighted by Crippen LogP contribution is -2.58. The van der Waals surface area contributed by atoms with Crippen molar-refractivity contribution in [1.82, 2.24) is 0 Å². The molecule has 3 aliphatic heterocycles. The normalized spacial score (nSPS) is 34.6. The Morgan fingerprint density at radius 3 is 2.31 bits per heavy atom. The van der Waals surface area contributed by atoms with Gasteiger partial charge in [-0.05, 0) is 39.1 Å². The van der Waals surface area contributed by atoms with Gasteiger partial charge in [0.1, 0.15) is 24.1 Å². The van der Waals surface area contributed by atoms with Crippen molar-refractivity contribution in [2.45, 2.75) is 70.0 Å². The SMILES string of the molecule is CC1(C)OC2OC(C(=O)Oc3cccc4ccccc34)C3OC(C)(C)OC3C2O1. The van der Waals surface area contributed by atoms with Gasteiger partial charge in [0.25, 0.3) is 0 Å². The number of esters is 1. The molecule has 3 fully saturated rings. The van der Waals surface area contributed by atoms with Gasteiger partial charge in [0, 0.05) is 5.39 Å². The number of rotatable bonds is 2. The van der Waals surface area contributed by atoms with Gasteiger partial charge in [0.15, 0.2) is 24.0 Å². The minimum absolute atomic E-state index is 0.470. The van der Waals surface area contributed by atoms with Crippen LogP contribution in [0.2, 0.25) is 0 Å². The third kappa shape index (κ3) is 3.33. The van der Waals surface area contributed by atoms with E-state index in [4.69, 9.17) is 28.4 Å². The summed E-state index contributed by atoms with van der Waals surface area (Å²) in [6, 6.07) is 13.3. The van der Waals surface area contributed by atoms with Gasteiger partial charge in [0.05, 0.1) is 0 Å². The number of benzene rings is 2. The molecule has 7 nitrogen and oxygen atoms in total. The van der Waals surface area contributed by atoms with E-state index in [2.05, 4.69) is 0 Å². The fraction of sp³-hybridized carbons (Fsp3) is 0.500. The van der Waals surface area contributed by atoms with Gasteiger partial charge in [0.2, 0.25) is 0 Å². The molecule has 3 aliphatic rings. The zero-order valence-corrected chi connectivity index (χ0v) is 16.8. The Bertz CT molecular complexity index is 948. The van der Waals surface area contributed by atoms with Crippen LogP contribution in [0.15, 0.2) is 42.5 Å². The van der Waals surface area contributed by atoms with Crippen molar-refractivity contribution >= 4 is 16.7 Å². The van der Waals surface area contributed by atoms with Crippen molar-refractivity contribution in [2.75, 3.05) is 0 Å². The van der Waals surface area contributed by atoms with Crippen LogP contribution in [0, 0.1) is 0 Å². The second-order valence-corrected chi connectivity index (χ2v) is 8.49. The van der Waals surface area contributed by atoms with E-state index >= 15 is 0 Å². The first-order valence-corrected chi connectivity index (χ1v) is 9.79. The molecule has 0 bridgehead atoms. The predicted molar refractivity (Wildman–Crippen MR) is 102 cm³/mol. The molecular weight excluding hydrogens is 376 g/mol. The van der Waals surface area contributed by atoms with Crippen LogP contribution in [0.3, 0.4) is 0 Å². The van der Waals surface area contributed by atoms with Crippen molar-refractivity contribution in [3.05, 3.63) is 42.5 Å². The van der Waals surface area contributed by atoms with E-state index in [0.29, 0.717) is 5.75 Å². The van der Waals surface area contributed by atoms with Crippen LogP contribution in [0.1, 0.15) is 27.7 Å². The Morgan fingerprint density at radius 1 is 0.828 bits per heavy atom. The van der Waals surface area contributed by atoms with E-state index in [1.54, 1.807) is 33.8 Å². The lowest BCUT2D eigenvalue weighted by Gasteiger charge is -2.35. The maximum atomic E-state index is 13.1. The van der Waals surface area contributed by atoms with Gasteiger partial charge >= 0.3 is 5.97 Å². The summed E-state index contributed by atoms with van der Waals surface area (Å²) >= 11 is 0. The monoisotopic (exact) mass is 400 g/mol.